The second-order valence-corrected chi connectivity index (χ2v) is 7.42. The molecule has 0 radical (unpaired) electrons. The van der Waals surface area contributed by atoms with Crippen LogP contribution in [0.3, 0.4) is 0 Å². The number of ether oxygens (including phenoxy) is 2. The highest BCUT2D eigenvalue weighted by atomic mass is 16.5. The molecule has 1 unspecified atom stereocenters. The average Bonchev–Trinajstić information content (AvgIpc) is 2.65. The second kappa shape index (κ2) is 22.7. The molecule has 0 aromatic heterocycles. The summed E-state index contributed by atoms with van der Waals surface area (Å²) >= 11 is 0. The van der Waals surface area contributed by atoms with E-state index in [0.717, 1.165) is 13.0 Å². The standard InChI is InChI=1S/C23H46O3/c1-3-4-5-6-7-8-9-10-11-12-13-14-15-16-17-18-20-25-22-23(2)26-21-19-24/h10-11,23-24H,3-9,12-22H2,1-2H3. The van der Waals surface area contributed by atoms with Gasteiger partial charge in [0.05, 0.1) is 25.9 Å². The van der Waals surface area contributed by atoms with Crippen LogP contribution in [0.2, 0.25) is 0 Å². The van der Waals surface area contributed by atoms with Crippen LogP contribution < -0.4 is 0 Å². The lowest BCUT2D eigenvalue weighted by Crippen LogP contribution is -2.18. The van der Waals surface area contributed by atoms with Crippen LogP contribution in [0.15, 0.2) is 12.2 Å². The molecule has 0 aliphatic heterocycles. The molecule has 0 fully saturated rings. The van der Waals surface area contributed by atoms with Crippen molar-refractivity contribution < 1.29 is 14.6 Å². The van der Waals surface area contributed by atoms with E-state index in [1.165, 1.54) is 83.5 Å². The maximum absolute atomic E-state index is 8.67. The van der Waals surface area contributed by atoms with Crippen molar-refractivity contribution in [2.75, 3.05) is 26.4 Å². The molecule has 3 nitrogen and oxygen atoms in total. The molecule has 0 bridgehead atoms. The monoisotopic (exact) mass is 370 g/mol. The average molecular weight is 371 g/mol. The van der Waals surface area contributed by atoms with Crippen LogP contribution >= 0.6 is 0 Å². The summed E-state index contributed by atoms with van der Waals surface area (Å²) in [4.78, 5) is 0. The lowest BCUT2D eigenvalue weighted by atomic mass is 10.1. The fourth-order valence-electron chi connectivity index (χ4n) is 3.00. The molecule has 1 atom stereocenters. The van der Waals surface area contributed by atoms with Crippen LogP contribution in [0.1, 0.15) is 104 Å². The Balaban J connectivity index is 3.11. The van der Waals surface area contributed by atoms with Crippen molar-refractivity contribution in [1.29, 1.82) is 0 Å². The molecule has 0 aliphatic rings. The number of unbranched alkanes of at least 4 members (excludes halogenated alkanes) is 12. The van der Waals surface area contributed by atoms with Gasteiger partial charge >= 0.3 is 0 Å². The summed E-state index contributed by atoms with van der Waals surface area (Å²) in [6.07, 6.45) is 23.5. The first-order chi connectivity index (χ1) is 12.8. The minimum Gasteiger partial charge on any atom is -0.394 e. The predicted molar refractivity (Wildman–Crippen MR) is 113 cm³/mol. The Bertz CT molecular complexity index is 279. The third-order valence-electron chi connectivity index (χ3n) is 4.65. The molecule has 0 aromatic carbocycles. The van der Waals surface area contributed by atoms with E-state index in [1.54, 1.807) is 0 Å². The van der Waals surface area contributed by atoms with Crippen molar-refractivity contribution in [1.82, 2.24) is 0 Å². The lowest BCUT2D eigenvalue weighted by Gasteiger charge is -2.12. The Kier molecular flexibility index (Phi) is 22.3. The Hall–Kier alpha value is -0.380. The van der Waals surface area contributed by atoms with E-state index in [-0.39, 0.29) is 12.7 Å². The summed E-state index contributed by atoms with van der Waals surface area (Å²) in [6, 6.07) is 0. The van der Waals surface area contributed by atoms with Gasteiger partial charge in [-0.3, -0.25) is 0 Å². The van der Waals surface area contributed by atoms with E-state index in [2.05, 4.69) is 19.1 Å². The van der Waals surface area contributed by atoms with E-state index < -0.39 is 0 Å². The maximum atomic E-state index is 8.67. The molecule has 156 valence electrons. The summed E-state index contributed by atoms with van der Waals surface area (Å²) in [7, 11) is 0. The van der Waals surface area contributed by atoms with E-state index in [4.69, 9.17) is 14.6 Å². The zero-order valence-electron chi connectivity index (χ0n) is 17.7. The summed E-state index contributed by atoms with van der Waals surface area (Å²) < 4.78 is 10.9. The van der Waals surface area contributed by atoms with Gasteiger partial charge in [-0.05, 0) is 39.0 Å². The molecule has 0 spiro atoms. The van der Waals surface area contributed by atoms with Gasteiger partial charge in [-0.1, -0.05) is 76.9 Å². The van der Waals surface area contributed by atoms with Crippen LogP contribution in [0, 0.1) is 0 Å². The number of aliphatic hydroxyl groups excluding tert-OH is 1. The van der Waals surface area contributed by atoms with Gasteiger partial charge < -0.3 is 14.6 Å². The zero-order chi connectivity index (χ0) is 19.1. The second-order valence-electron chi connectivity index (χ2n) is 7.42. The minimum atomic E-state index is 0.0799. The molecular formula is C23H46O3. The van der Waals surface area contributed by atoms with Crippen LogP contribution in [-0.4, -0.2) is 37.6 Å². The highest BCUT2D eigenvalue weighted by Crippen LogP contribution is 2.10. The number of hydrogen-bond donors (Lipinski definition) is 1. The number of aliphatic hydroxyl groups is 1. The van der Waals surface area contributed by atoms with Crippen molar-refractivity contribution in [3.8, 4) is 0 Å². The van der Waals surface area contributed by atoms with Gasteiger partial charge in [0.15, 0.2) is 0 Å². The quantitative estimate of drug-likeness (QED) is 0.187. The maximum Gasteiger partial charge on any atom is 0.0781 e. The summed E-state index contributed by atoms with van der Waals surface area (Å²) in [6.45, 7) is 6.20. The van der Waals surface area contributed by atoms with Crippen LogP contribution in [0.4, 0.5) is 0 Å². The van der Waals surface area contributed by atoms with Gasteiger partial charge in [0.25, 0.3) is 0 Å². The topological polar surface area (TPSA) is 38.7 Å². The molecule has 0 aliphatic carbocycles. The van der Waals surface area contributed by atoms with Crippen molar-refractivity contribution in [3.63, 3.8) is 0 Å². The van der Waals surface area contributed by atoms with Gasteiger partial charge in [-0.25, -0.2) is 0 Å². The smallest absolute Gasteiger partial charge is 0.0781 e. The molecule has 0 rings (SSSR count). The first kappa shape index (κ1) is 25.6. The molecular weight excluding hydrogens is 324 g/mol. The van der Waals surface area contributed by atoms with Crippen LogP contribution in [-0.2, 0) is 9.47 Å². The molecule has 3 heteroatoms. The first-order valence-corrected chi connectivity index (χ1v) is 11.3. The molecule has 26 heavy (non-hydrogen) atoms. The minimum absolute atomic E-state index is 0.0799. The Morgan fingerprint density at radius 3 is 1.85 bits per heavy atom. The first-order valence-electron chi connectivity index (χ1n) is 11.3. The Labute approximate surface area is 163 Å². The molecule has 0 amide bonds. The fraction of sp³-hybridized carbons (Fsp3) is 0.913. The van der Waals surface area contributed by atoms with Gasteiger partial charge in [0.1, 0.15) is 0 Å². The summed E-state index contributed by atoms with van der Waals surface area (Å²) in [5.74, 6) is 0. The number of rotatable bonds is 21. The third kappa shape index (κ3) is 21.7. The third-order valence-corrected chi connectivity index (χ3v) is 4.65. The predicted octanol–water partition coefficient (Wildman–Crippen LogP) is 6.44. The Morgan fingerprint density at radius 2 is 1.27 bits per heavy atom. The largest absolute Gasteiger partial charge is 0.394 e. The summed E-state index contributed by atoms with van der Waals surface area (Å²) in [5.41, 5.74) is 0. The highest BCUT2D eigenvalue weighted by Gasteiger charge is 2.01. The lowest BCUT2D eigenvalue weighted by molar-refractivity contribution is -0.0189. The van der Waals surface area contributed by atoms with Gasteiger partial charge in [-0.15, -0.1) is 0 Å². The molecule has 1 N–H and O–H groups in total. The van der Waals surface area contributed by atoms with Crippen molar-refractivity contribution in [3.05, 3.63) is 12.2 Å². The molecule has 0 saturated heterocycles. The van der Waals surface area contributed by atoms with E-state index in [1.807, 2.05) is 6.92 Å². The fourth-order valence-corrected chi connectivity index (χ4v) is 3.00. The van der Waals surface area contributed by atoms with Gasteiger partial charge in [0.2, 0.25) is 0 Å². The normalized spacial score (nSPS) is 12.9. The van der Waals surface area contributed by atoms with Crippen LogP contribution in [0.25, 0.3) is 0 Å². The number of hydrogen-bond acceptors (Lipinski definition) is 3. The zero-order valence-corrected chi connectivity index (χ0v) is 17.7. The highest BCUT2D eigenvalue weighted by molar-refractivity contribution is 4.81. The van der Waals surface area contributed by atoms with E-state index >= 15 is 0 Å². The SMILES string of the molecule is CCCCCCCCC=CCCCCCCCCOCC(C)OCCO. The van der Waals surface area contributed by atoms with Crippen molar-refractivity contribution in [2.24, 2.45) is 0 Å². The number of allylic oxidation sites excluding steroid dienone is 2. The van der Waals surface area contributed by atoms with Crippen molar-refractivity contribution in [2.45, 2.75) is 110 Å². The summed E-state index contributed by atoms with van der Waals surface area (Å²) in [5, 5.41) is 8.67. The molecule has 0 saturated carbocycles. The molecule has 0 aromatic rings. The van der Waals surface area contributed by atoms with E-state index in [9.17, 15) is 0 Å². The van der Waals surface area contributed by atoms with Crippen LogP contribution in [0.5, 0.6) is 0 Å². The van der Waals surface area contributed by atoms with E-state index in [0.29, 0.717) is 13.2 Å². The van der Waals surface area contributed by atoms with Gasteiger partial charge in [0, 0.05) is 6.61 Å². The van der Waals surface area contributed by atoms with Crippen molar-refractivity contribution >= 4 is 0 Å². The Morgan fingerprint density at radius 1 is 0.731 bits per heavy atom. The van der Waals surface area contributed by atoms with Gasteiger partial charge in [-0.2, -0.15) is 0 Å². The molecule has 0 heterocycles.